The second-order valence-corrected chi connectivity index (χ2v) is 4.32. The fourth-order valence-corrected chi connectivity index (χ4v) is 2.33. The standard InChI is InChI=1S/C10H13N3S/c1-6-4-5-14-10(6)9-8(11)7(2)13(3)12-9/h4-5H,11H2,1-3H3. The normalized spacial score (nSPS) is 10.8. The van der Waals surface area contributed by atoms with Crippen molar-refractivity contribution in [2.45, 2.75) is 13.8 Å². The molecule has 2 N–H and O–H groups in total. The molecule has 2 rings (SSSR count). The quantitative estimate of drug-likeness (QED) is 0.780. The average Bonchev–Trinajstić information content (AvgIpc) is 2.66. The summed E-state index contributed by atoms with van der Waals surface area (Å²) >= 11 is 1.68. The Balaban J connectivity index is 2.63. The Labute approximate surface area is 87.2 Å². The Morgan fingerprint density at radius 2 is 2.14 bits per heavy atom. The largest absolute Gasteiger partial charge is 0.395 e. The van der Waals surface area contributed by atoms with Crippen molar-refractivity contribution in [3.63, 3.8) is 0 Å². The lowest BCUT2D eigenvalue weighted by Crippen LogP contribution is -1.93. The zero-order chi connectivity index (χ0) is 10.3. The molecule has 74 valence electrons. The van der Waals surface area contributed by atoms with Gasteiger partial charge in [0.15, 0.2) is 0 Å². The van der Waals surface area contributed by atoms with Crippen molar-refractivity contribution in [3.8, 4) is 10.6 Å². The van der Waals surface area contributed by atoms with Crippen molar-refractivity contribution >= 4 is 17.0 Å². The first-order valence-electron chi connectivity index (χ1n) is 4.44. The molecule has 0 aromatic carbocycles. The molecule has 0 unspecified atom stereocenters. The van der Waals surface area contributed by atoms with Crippen LogP contribution >= 0.6 is 11.3 Å². The van der Waals surface area contributed by atoms with Crippen LogP contribution in [0.1, 0.15) is 11.3 Å². The highest BCUT2D eigenvalue weighted by atomic mass is 32.1. The number of thiophene rings is 1. The third-order valence-electron chi connectivity index (χ3n) is 2.46. The summed E-state index contributed by atoms with van der Waals surface area (Å²) in [5.74, 6) is 0. The first kappa shape index (κ1) is 9.27. The molecular formula is C10H13N3S. The summed E-state index contributed by atoms with van der Waals surface area (Å²) in [6.07, 6.45) is 0. The maximum absolute atomic E-state index is 5.99. The number of nitrogen functional groups attached to an aromatic ring is 1. The van der Waals surface area contributed by atoms with E-state index in [0.29, 0.717) is 0 Å². The summed E-state index contributed by atoms with van der Waals surface area (Å²) in [7, 11) is 1.91. The molecule has 3 nitrogen and oxygen atoms in total. The van der Waals surface area contributed by atoms with Crippen LogP contribution in [0.2, 0.25) is 0 Å². The van der Waals surface area contributed by atoms with Gasteiger partial charge in [0.25, 0.3) is 0 Å². The number of aromatic nitrogens is 2. The van der Waals surface area contributed by atoms with E-state index in [1.807, 2.05) is 18.7 Å². The van der Waals surface area contributed by atoms with E-state index in [4.69, 9.17) is 5.73 Å². The number of hydrogen-bond acceptors (Lipinski definition) is 3. The van der Waals surface area contributed by atoms with Gasteiger partial charge >= 0.3 is 0 Å². The number of rotatable bonds is 1. The van der Waals surface area contributed by atoms with E-state index in [0.717, 1.165) is 17.1 Å². The molecular weight excluding hydrogens is 194 g/mol. The molecule has 0 aliphatic carbocycles. The van der Waals surface area contributed by atoms with Gasteiger partial charge < -0.3 is 5.73 Å². The molecule has 0 amide bonds. The summed E-state index contributed by atoms with van der Waals surface area (Å²) in [6, 6.07) is 2.09. The van der Waals surface area contributed by atoms with Gasteiger partial charge in [-0.1, -0.05) is 0 Å². The second-order valence-electron chi connectivity index (χ2n) is 3.40. The number of nitrogens with zero attached hydrogens (tertiary/aromatic N) is 2. The lowest BCUT2D eigenvalue weighted by Gasteiger charge is -1.95. The maximum Gasteiger partial charge on any atom is 0.126 e. The molecule has 0 spiro atoms. The molecule has 0 bridgehead atoms. The van der Waals surface area contributed by atoms with Gasteiger partial charge in [0, 0.05) is 7.05 Å². The summed E-state index contributed by atoms with van der Waals surface area (Å²) < 4.78 is 1.82. The van der Waals surface area contributed by atoms with Crippen LogP contribution in [0.3, 0.4) is 0 Å². The fourth-order valence-electron chi connectivity index (χ4n) is 1.41. The number of anilines is 1. The van der Waals surface area contributed by atoms with Crippen molar-refractivity contribution < 1.29 is 0 Å². The van der Waals surface area contributed by atoms with Gasteiger partial charge in [0.1, 0.15) is 5.69 Å². The minimum absolute atomic E-state index is 0.790. The Morgan fingerprint density at radius 1 is 1.43 bits per heavy atom. The van der Waals surface area contributed by atoms with Crippen LogP contribution in [0.15, 0.2) is 11.4 Å². The SMILES string of the molecule is Cc1ccsc1-c1nn(C)c(C)c1N. The molecule has 2 aromatic rings. The highest BCUT2D eigenvalue weighted by molar-refractivity contribution is 7.13. The van der Waals surface area contributed by atoms with Crippen molar-refractivity contribution in [2.75, 3.05) is 5.73 Å². The van der Waals surface area contributed by atoms with E-state index >= 15 is 0 Å². The van der Waals surface area contributed by atoms with E-state index < -0.39 is 0 Å². The zero-order valence-electron chi connectivity index (χ0n) is 8.53. The van der Waals surface area contributed by atoms with Crippen LogP contribution in [0.25, 0.3) is 10.6 Å². The van der Waals surface area contributed by atoms with Gasteiger partial charge in [0.05, 0.1) is 16.3 Å². The number of hydrogen-bond donors (Lipinski definition) is 1. The molecule has 0 aliphatic rings. The third-order valence-corrected chi connectivity index (χ3v) is 3.48. The van der Waals surface area contributed by atoms with E-state index in [-0.39, 0.29) is 0 Å². The van der Waals surface area contributed by atoms with Gasteiger partial charge in [-0.15, -0.1) is 11.3 Å². The van der Waals surface area contributed by atoms with E-state index in [9.17, 15) is 0 Å². The molecule has 14 heavy (non-hydrogen) atoms. The van der Waals surface area contributed by atoms with Crippen LogP contribution in [0.4, 0.5) is 5.69 Å². The van der Waals surface area contributed by atoms with Crippen LogP contribution in [0.5, 0.6) is 0 Å². The monoisotopic (exact) mass is 207 g/mol. The summed E-state index contributed by atoms with van der Waals surface area (Å²) in [6.45, 7) is 4.06. The van der Waals surface area contributed by atoms with Crippen molar-refractivity contribution in [1.82, 2.24) is 9.78 Å². The highest BCUT2D eigenvalue weighted by Crippen LogP contribution is 2.33. The molecule has 0 aliphatic heterocycles. The van der Waals surface area contributed by atoms with Gasteiger partial charge in [-0.05, 0) is 30.9 Å². The van der Waals surface area contributed by atoms with E-state index in [1.165, 1.54) is 10.4 Å². The minimum Gasteiger partial charge on any atom is -0.395 e. The van der Waals surface area contributed by atoms with Gasteiger partial charge in [0.2, 0.25) is 0 Å². The molecule has 0 radical (unpaired) electrons. The Morgan fingerprint density at radius 3 is 2.57 bits per heavy atom. The Hall–Kier alpha value is -1.29. The van der Waals surface area contributed by atoms with Crippen LogP contribution < -0.4 is 5.73 Å². The van der Waals surface area contributed by atoms with Gasteiger partial charge in [-0.25, -0.2) is 0 Å². The first-order chi connectivity index (χ1) is 6.61. The minimum atomic E-state index is 0.790. The first-order valence-corrected chi connectivity index (χ1v) is 5.32. The third kappa shape index (κ3) is 1.23. The predicted octanol–water partition coefficient (Wildman–Crippen LogP) is 2.35. The van der Waals surface area contributed by atoms with Gasteiger partial charge in [-0.2, -0.15) is 5.10 Å². The van der Waals surface area contributed by atoms with E-state index in [2.05, 4.69) is 23.5 Å². The second kappa shape index (κ2) is 3.13. The summed E-state index contributed by atoms with van der Waals surface area (Å²) in [5, 5.41) is 6.48. The summed E-state index contributed by atoms with van der Waals surface area (Å²) in [5.41, 5.74) is 9.95. The fraction of sp³-hybridized carbons (Fsp3) is 0.300. The maximum atomic E-state index is 5.99. The topological polar surface area (TPSA) is 43.8 Å². The van der Waals surface area contributed by atoms with Crippen molar-refractivity contribution in [3.05, 3.63) is 22.7 Å². The molecule has 2 aromatic heterocycles. The Kier molecular flexibility index (Phi) is 2.07. The number of aryl methyl sites for hydroxylation is 2. The van der Waals surface area contributed by atoms with Crippen molar-refractivity contribution in [2.24, 2.45) is 7.05 Å². The zero-order valence-corrected chi connectivity index (χ0v) is 9.35. The van der Waals surface area contributed by atoms with Gasteiger partial charge in [-0.3, -0.25) is 4.68 Å². The molecule has 0 fully saturated rings. The summed E-state index contributed by atoms with van der Waals surface area (Å²) in [4.78, 5) is 1.17. The van der Waals surface area contributed by atoms with Crippen LogP contribution in [-0.4, -0.2) is 9.78 Å². The van der Waals surface area contributed by atoms with Crippen molar-refractivity contribution in [1.29, 1.82) is 0 Å². The highest BCUT2D eigenvalue weighted by Gasteiger charge is 2.14. The molecule has 0 atom stereocenters. The molecule has 0 saturated heterocycles. The van der Waals surface area contributed by atoms with Crippen LogP contribution in [-0.2, 0) is 7.05 Å². The predicted molar refractivity (Wildman–Crippen MR) is 60.4 cm³/mol. The average molecular weight is 207 g/mol. The smallest absolute Gasteiger partial charge is 0.126 e. The number of nitrogens with two attached hydrogens (primary N) is 1. The lowest BCUT2D eigenvalue weighted by atomic mass is 10.2. The molecule has 2 heterocycles. The van der Waals surface area contributed by atoms with Crippen LogP contribution in [0, 0.1) is 13.8 Å². The van der Waals surface area contributed by atoms with E-state index in [1.54, 1.807) is 11.3 Å². The lowest BCUT2D eigenvalue weighted by molar-refractivity contribution is 0.743. The molecule has 4 heteroatoms. The molecule has 0 saturated carbocycles. The Bertz CT molecular complexity index is 468.